The van der Waals surface area contributed by atoms with Gasteiger partial charge in [0.1, 0.15) is 5.82 Å². The van der Waals surface area contributed by atoms with Crippen molar-refractivity contribution >= 4 is 17.6 Å². The number of aryl methyl sites for hydroxylation is 1. The largest absolute Gasteiger partial charge is 0.349 e. The second kappa shape index (κ2) is 7.99. The fourth-order valence-electron chi connectivity index (χ4n) is 3.09. The molecule has 1 fully saturated rings. The molecule has 2 aromatic carbocycles. The maximum atomic E-state index is 13.2. The number of nitrogens with one attached hydrogen (secondary N) is 2. The van der Waals surface area contributed by atoms with Crippen molar-refractivity contribution in [2.24, 2.45) is 0 Å². The van der Waals surface area contributed by atoms with Crippen molar-refractivity contribution in [3.05, 3.63) is 65.5 Å². The van der Waals surface area contributed by atoms with Gasteiger partial charge in [-0.1, -0.05) is 24.3 Å². The lowest BCUT2D eigenvalue weighted by molar-refractivity contribution is 0.0918. The van der Waals surface area contributed by atoms with Gasteiger partial charge in [0.15, 0.2) is 0 Å². The average molecular weight is 355 g/mol. The summed E-state index contributed by atoms with van der Waals surface area (Å²) in [5.74, 6) is -0.466. The predicted octanol–water partition coefficient (Wildman–Crippen LogP) is 3.56. The standard InChI is InChI=1S/C20H22FN3O2/c1-14-5-2-3-8-18(14)19(25)22-16-9-11-24(12-10-16)20(26)23-17-7-4-6-15(21)13-17/h2-8,13,16H,9-12H2,1H3,(H,22,25)(H,23,26). The summed E-state index contributed by atoms with van der Waals surface area (Å²) < 4.78 is 13.2. The molecule has 1 heterocycles. The third-order valence-corrected chi connectivity index (χ3v) is 4.58. The van der Waals surface area contributed by atoms with E-state index in [-0.39, 0.29) is 23.8 Å². The number of likely N-dealkylation sites (tertiary alicyclic amines) is 1. The molecule has 5 nitrogen and oxygen atoms in total. The lowest BCUT2D eigenvalue weighted by Gasteiger charge is -2.32. The van der Waals surface area contributed by atoms with Crippen LogP contribution in [-0.2, 0) is 0 Å². The van der Waals surface area contributed by atoms with E-state index in [1.807, 2.05) is 31.2 Å². The molecule has 6 heteroatoms. The minimum absolute atomic E-state index is 0.0420. The minimum atomic E-state index is -0.388. The molecule has 0 unspecified atom stereocenters. The number of carbonyl (C=O) groups is 2. The van der Waals surface area contributed by atoms with Crippen LogP contribution in [0.4, 0.5) is 14.9 Å². The molecule has 26 heavy (non-hydrogen) atoms. The molecule has 2 N–H and O–H groups in total. The van der Waals surface area contributed by atoms with E-state index < -0.39 is 0 Å². The van der Waals surface area contributed by atoms with Gasteiger partial charge in [0.2, 0.25) is 0 Å². The Bertz CT molecular complexity index is 801. The average Bonchev–Trinajstić information content (AvgIpc) is 2.62. The van der Waals surface area contributed by atoms with Crippen molar-refractivity contribution < 1.29 is 14.0 Å². The fourth-order valence-corrected chi connectivity index (χ4v) is 3.09. The third-order valence-electron chi connectivity index (χ3n) is 4.58. The van der Waals surface area contributed by atoms with Crippen LogP contribution in [0.15, 0.2) is 48.5 Å². The summed E-state index contributed by atoms with van der Waals surface area (Å²) in [4.78, 5) is 26.3. The normalized spacial score (nSPS) is 14.8. The van der Waals surface area contributed by atoms with Gasteiger partial charge >= 0.3 is 6.03 Å². The second-order valence-electron chi connectivity index (χ2n) is 6.49. The molecule has 1 aliphatic rings. The first-order chi connectivity index (χ1) is 12.5. The molecule has 0 bridgehead atoms. The number of anilines is 1. The van der Waals surface area contributed by atoms with E-state index in [2.05, 4.69) is 10.6 Å². The highest BCUT2D eigenvalue weighted by molar-refractivity contribution is 5.95. The van der Waals surface area contributed by atoms with Crippen molar-refractivity contribution in [3.8, 4) is 0 Å². The number of nitrogens with zero attached hydrogens (tertiary/aromatic N) is 1. The molecule has 0 aliphatic carbocycles. The smallest absolute Gasteiger partial charge is 0.321 e. The fraction of sp³-hybridized carbons (Fsp3) is 0.300. The zero-order chi connectivity index (χ0) is 18.5. The van der Waals surface area contributed by atoms with Gasteiger partial charge in [-0.05, 0) is 49.6 Å². The van der Waals surface area contributed by atoms with E-state index in [0.717, 1.165) is 5.56 Å². The van der Waals surface area contributed by atoms with Crippen LogP contribution < -0.4 is 10.6 Å². The topological polar surface area (TPSA) is 61.4 Å². The minimum Gasteiger partial charge on any atom is -0.349 e. The van der Waals surface area contributed by atoms with Gasteiger partial charge in [0, 0.05) is 30.4 Å². The molecule has 0 spiro atoms. The molecule has 0 atom stereocenters. The van der Waals surface area contributed by atoms with E-state index >= 15 is 0 Å². The maximum Gasteiger partial charge on any atom is 0.321 e. The molecule has 3 amide bonds. The van der Waals surface area contributed by atoms with Gasteiger partial charge in [-0.15, -0.1) is 0 Å². The summed E-state index contributed by atoms with van der Waals surface area (Å²) in [6.45, 7) is 2.99. The summed E-state index contributed by atoms with van der Waals surface area (Å²) in [5, 5.41) is 5.75. The summed E-state index contributed by atoms with van der Waals surface area (Å²) in [6, 6.07) is 13.1. The number of urea groups is 1. The first-order valence-corrected chi connectivity index (χ1v) is 8.71. The van der Waals surface area contributed by atoms with Gasteiger partial charge in [-0.3, -0.25) is 4.79 Å². The van der Waals surface area contributed by atoms with Crippen molar-refractivity contribution in [2.45, 2.75) is 25.8 Å². The predicted molar refractivity (Wildman–Crippen MR) is 98.7 cm³/mol. The molecule has 136 valence electrons. The summed E-state index contributed by atoms with van der Waals surface area (Å²) in [5.41, 5.74) is 2.06. The number of benzene rings is 2. The number of piperidine rings is 1. The molecule has 1 aliphatic heterocycles. The maximum absolute atomic E-state index is 13.2. The number of halogens is 1. The SMILES string of the molecule is Cc1ccccc1C(=O)NC1CCN(C(=O)Nc2cccc(F)c2)CC1. The van der Waals surface area contributed by atoms with Crippen molar-refractivity contribution in [2.75, 3.05) is 18.4 Å². The van der Waals surface area contributed by atoms with Crippen LogP contribution in [-0.4, -0.2) is 36.0 Å². The first kappa shape index (κ1) is 17.9. The van der Waals surface area contributed by atoms with Gasteiger partial charge in [0.05, 0.1) is 0 Å². The van der Waals surface area contributed by atoms with Crippen LogP contribution in [0.25, 0.3) is 0 Å². The van der Waals surface area contributed by atoms with Gasteiger partial charge in [-0.2, -0.15) is 0 Å². The molecule has 1 saturated heterocycles. The van der Waals surface area contributed by atoms with E-state index in [4.69, 9.17) is 0 Å². The van der Waals surface area contributed by atoms with Crippen LogP contribution in [0.2, 0.25) is 0 Å². The van der Waals surface area contributed by atoms with Crippen molar-refractivity contribution in [1.29, 1.82) is 0 Å². The third kappa shape index (κ3) is 4.39. The van der Waals surface area contributed by atoms with Crippen molar-refractivity contribution in [3.63, 3.8) is 0 Å². The highest BCUT2D eigenvalue weighted by atomic mass is 19.1. The Hall–Kier alpha value is -2.89. The Labute approximate surface area is 152 Å². The number of hydrogen-bond acceptors (Lipinski definition) is 2. The molecular formula is C20H22FN3O2. The van der Waals surface area contributed by atoms with Crippen LogP contribution in [0.1, 0.15) is 28.8 Å². The van der Waals surface area contributed by atoms with Gasteiger partial charge < -0.3 is 15.5 Å². The van der Waals surface area contributed by atoms with Crippen molar-refractivity contribution in [1.82, 2.24) is 10.2 Å². The number of hydrogen-bond donors (Lipinski definition) is 2. The Morgan fingerprint density at radius 2 is 1.81 bits per heavy atom. The molecule has 2 aromatic rings. The second-order valence-corrected chi connectivity index (χ2v) is 6.49. The number of amides is 3. The molecule has 0 aromatic heterocycles. The molecular weight excluding hydrogens is 333 g/mol. The quantitative estimate of drug-likeness (QED) is 0.884. The molecule has 3 rings (SSSR count). The summed E-state index contributed by atoms with van der Waals surface area (Å²) in [7, 11) is 0. The van der Waals surface area contributed by atoms with E-state index in [1.54, 1.807) is 17.0 Å². The Morgan fingerprint density at radius 1 is 1.08 bits per heavy atom. The van der Waals surface area contributed by atoms with Gasteiger partial charge in [0.25, 0.3) is 5.91 Å². The highest BCUT2D eigenvalue weighted by Crippen LogP contribution is 2.15. The number of carbonyl (C=O) groups excluding carboxylic acids is 2. The van der Waals surface area contributed by atoms with Crippen LogP contribution >= 0.6 is 0 Å². The first-order valence-electron chi connectivity index (χ1n) is 8.71. The Balaban J connectivity index is 1.50. The summed E-state index contributed by atoms with van der Waals surface area (Å²) in [6.07, 6.45) is 1.38. The van der Waals surface area contributed by atoms with E-state index in [9.17, 15) is 14.0 Å². The van der Waals surface area contributed by atoms with E-state index in [1.165, 1.54) is 12.1 Å². The zero-order valence-electron chi connectivity index (χ0n) is 14.7. The van der Waals surface area contributed by atoms with Crippen LogP contribution in [0.3, 0.4) is 0 Å². The van der Waals surface area contributed by atoms with Crippen LogP contribution in [0.5, 0.6) is 0 Å². The molecule has 0 radical (unpaired) electrons. The van der Waals surface area contributed by atoms with Gasteiger partial charge in [-0.25, -0.2) is 9.18 Å². The Kier molecular flexibility index (Phi) is 5.51. The zero-order valence-corrected chi connectivity index (χ0v) is 14.7. The lowest BCUT2D eigenvalue weighted by Crippen LogP contribution is -2.47. The Morgan fingerprint density at radius 3 is 2.50 bits per heavy atom. The summed E-state index contributed by atoms with van der Waals surface area (Å²) >= 11 is 0. The van der Waals surface area contributed by atoms with E-state index in [0.29, 0.717) is 37.2 Å². The van der Waals surface area contributed by atoms with Crippen LogP contribution in [0, 0.1) is 12.7 Å². The monoisotopic (exact) mass is 355 g/mol. The highest BCUT2D eigenvalue weighted by Gasteiger charge is 2.24. The lowest BCUT2D eigenvalue weighted by atomic mass is 10.0. The number of rotatable bonds is 3. The molecule has 0 saturated carbocycles.